The highest BCUT2D eigenvalue weighted by molar-refractivity contribution is 7.89. The molecule has 0 radical (unpaired) electrons. The van der Waals surface area contributed by atoms with Crippen molar-refractivity contribution in [2.24, 2.45) is 0 Å². The lowest BCUT2D eigenvalue weighted by molar-refractivity contribution is 0.135. The van der Waals surface area contributed by atoms with E-state index >= 15 is 0 Å². The first-order chi connectivity index (χ1) is 13.5. The lowest BCUT2D eigenvalue weighted by Gasteiger charge is -2.31. The molecule has 1 fully saturated rings. The fraction of sp³-hybridized carbons (Fsp3) is 0.238. The number of benzene rings is 2. The van der Waals surface area contributed by atoms with Crippen LogP contribution in [0.4, 0.5) is 4.39 Å². The minimum Gasteiger partial charge on any atom is -0.490 e. The Bertz CT molecular complexity index is 1040. The van der Waals surface area contributed by atoms with Crippen LogP contribution < -0.4 is 4.74 Å². The summed E-state index contributed by atoms with van der Waals surface area (Å²) in [5.41, 5.74) is 0.925. The molecule has 0 aliphatic carbocycles. The zero-order chi connectivity index (χ0) is 19.6. The number of nitrogens with zero attached hydrogens (tertiary/aromatic N) is 1. The summed E-state index contributed by atoms with van der Waals surface area (Å²) in [4.78, 5) is -0.0157. The van der Waals surface area contributed by atoms with E-state index in [1.54, 1.807) is 6.26 Å². The number of ether oxygens (including phenoxy) is 1. The molecule has 1 saturated heterocycles. The highest BCUT2D eigenvalue weighted by atomic mass is 32.2. The highest BCUT2D eigenvalue weighted by Gasteiger charge is 2.30. The minimum absolute atomic E-state index is 0.0157. The van der Waals surface area contributed by atoms with E-state index in [4.69, 9.17) is 9.15 Å². The van der Waals surface area contributed by atoms with Crippen LogP contribution in [0, 0.1) is 5.82 Å². The van der Waals surface area contributed by atoms with Crippen molar-refractivity contribution in [3.8, 4) is 17.1 Å². The van der Waals surface area contributed by atoms with Crippen LogP contribution >= 0.6 is 0 Å². The molecule has 0 bridgehead atoms. The normalized spacial score (nSPS) is 16.2. The van der Waals surface area contributed by atoms with Gasteiger partial charge in [-0.05, 0) is 55.3 Å². The quantitative estimate of drug-likeness (QED) is 0.639. The van der Waals surface area contributed by atoms with E-state index in [9.17, 15) is 12.8 Å². The molecule has 7 heteroatoms. The summed E-state index contributed by atoms with van der Waals surface area (Å²) in [6, 6.07) is 16.5. The third kappa shape index (κ3) is 3.95. The lowest BCUT2D eigenvalue weighted by Crippen LogP contribution is -2.41. The third-order valence-corrected chi connectivity index (χ3v) is 6.67. The number of halogens is 1. The van der Waals surface area contributed by atoms with Gasteiger partial charge in [-0.15, -0.1) is 0 Å². The van der Waals surface area contributed by atoms with Gasteiger partial charge in [0.2, 0.25) is 10.0 Å². The van der Waals surface area contributed by atoms with Crippen LogP contribution in [0.3, 0.4) is 0 Å². The second-order valence-corrected chi connectivity index (χ2v) is 8.62. The molecule has 146 valence electrons. The number of furan rings is 1. The van der Waals surface area contributed by atoms with Gasteiger partial charge in [-0.2, -0.15) is 4.31 Å². The number of hydrogen-bond donors (Lipinski definition) is 0. The van der Waals surface area contributed by atoms with Gasteiger partial charge in [-0.3, -0.25) is 0 Å². The monoisotopic (exact) mass is 401 g/mol. The SMILES string of the molecule is O=S(=O)(c1cccc(F)c1)N1CCC(Oc2cccc(-c3ccco3)c2)CC1. The first kappa shape index (κ1) is 18.7. The van der Waals surface area contributed by atoms with E-state index < -0.39 is 15.8 Å². The lowest BCUT2D eigenvalue weighted by atomic mass is 10.1. The molecule has 0 unspecified atom stereocenters. The van der Waals surface area contributed by atoms with Crippen LogP contribution in [-0.2, 0) is 10.0 Å². The molecule has 3 aromatic rings. The van der Waals surface area contributed by atoms with Gasteiger partial charge in [-0.1, -0.05) is 18.2 Å². The second-order valence-electron chi connectivity index (χ2n) is 6.68. The number of hydrogen-bond acceptors (Lipinski definition) is 4. The van der Waals surface area contributed by atoms with Gasteiger partial charge in [0.05, 0.1) is 11.2 Å². The maximum atomic E-state index is 13.4. The molecule has 1 aliphatic heterocycles. The standard InChI is InChI=1S/C21H20FNO4S/c22-17-5-2-7-20(15-17)28(24,25)23-11-9-18(10-12-23)27-19-6-1-4-16(14-19)21-8-3-13-26-21/h1-8,13-15,18H,9-12H2. The largest absolute Gasteiger partial charge is 0.490 e. The van der Waals surface area contributed by atoms with Crippen LogP contribution in [0.1, 0.15) is 12.8 Å². The van der Waals surface area contributed by atoms with Crippen molar-refractivity contribution < 1.29 is 22.0 Å². The zero-order valence-corrected chi connectivity index (χ0v) is 15.9. The van der Waals surface area contributed by atoms with Crippen LogP contribution in [0.15, 0.2) is 76.2 Å². The zero-order valence-electron chi connectivity index (χ0n) is 15.1. The molecule has 1 aromatic heterocycles. The van der Waals surface area contributed by atoms with Crippen molar-refractivity contribution in [1.29, 1.82) is 0 Å². The molecule has 2 heterocycles. The Morgan fingerprint density at radius 2 is 1.79 bits per heavy atom. The van der Waals surface area contributed by atoms with Gasteiger partial charge < -0.3 is 9.15 Å². The molecule has 0 spiro atoms. The molecule has 2 aromatic carbocycles. The Morgan fingerprint density at radius 1 is 1.00 bits per heavy atom. The van der Waals surface area contributed by atoms with Crippen molar-refractivity contribution in [2.75, 3.05) is 13.1 Å². The minimum atomic E-state index is -3.69. The Labute approximate surface area is 163 Å². The van der Waals surface area contributed by atoms with Crippen molar-refractivity contribution in [3.05, 3.63) is 72.7 Å². The van der Waals surface area contributed by atoms with Gasteiger partial charge in [0.1, 0.15) is 23.4 Å². The predicted octanol–water partition coefficient (Wildman–Crippen LogP) is 4.32. The van der Waals surface area contributed by atoms with E-state index in [1.165, 1.54) is 22.5 Å². The maximum Gasteiger partial charge on any atom is 0.243 e. The Balaban J connectivity index is 1.40. The first-order valence-corrected chi connectivity index (χ1v) is 10.5. The van der Waals surface area contributed by atoms with Crippen molar-refractivity contribution in [3.63, 3.8) is 0 Å². The average molecular weight is 401 g/mol. The van der Waals surface area contributed by atoms with Crippen molar-refractivity contribution in [2.45, 2.75) is 23.8 Å². The van der Waals surface area contributed by atoms with Crippen molar-refractivity contribution >= 4 is 10.0 Å². The topological polar surface area (TPSA) is 59.8 Å². The molecular formula is C21H20FNO4S. The van der Waals surface area contributed by atoms with E-state index in [0.29, 0.717) is 25.9 Å². The summed E-state index contributed by atoms with van der Waals surface area (Å²) >= 11 is 0. The molecule has 4 rings (SSSR count). The first-order valence-electron chi connectivity index (χ1n) is 9.09. The summed E-state index contributed by atoms with van der Waals surface area (Å²) in [5, 5.41) is 0. The Hall–Kier alpha value is -2.64. The molecular weight excluding hydrogens is 381 g/mol. The summed E-state index contributed by atoms with van der Waals surface area (Å²) < 4.78 is 51.6. The van der Waals surface area contributed by atoms with Crippen LogP contribution in [0.2, 0.25) is 0 Å². The molecule has 0 atom stereocenters. The van der Waals surface area contributed by atoms with E-state index in [0.717, 1.165) is 23.1 Å². The Kier molecular flexibility index (Phi) is 5.19. The van der Waals surface area contributed by atoms with Crippen molar-refractivity contribution in [1.82, 2.24) is 4.31 Å². The fourth-order valence-corrected chi connectivity index (χ4v) is 4.83. The van der Waals surface area contributed by atoms with E-state index in [1.807, 2.05) is 36.4 Å². The predicted molar refractivity (Wildman–Crippen MR) is 103 cm³/mol. The van der Waals surface area contributed by atoms with Crippen LogP contribution in [-0.4, -0.2) is 31.9 Å². The van der Waals surface area contributed by atoms with Gasteiger partial charge in [0.15, 0.2) is 0 Å². The molecule has 5 nitrogen and oxygen atoms in total. The summed E-state index contributed by atoms with van der Waals surface area (Å²) in [6.45, 7) is 0.669. The molecule has 28 heavy (non-hydrogen) atoms. The van der Waals surface area contributed by atoms with E-state index in [2.05, 4.69) is 0 Å². The smallest absolute Gasteiger partial charge is 0.243 e. The van der Waals surface area contributed by atoms with Gasteiger partial charge in [0.25, 0.3) is 0 Å². The Morgan fingerprint density at radius 3 is 2.50 bits per heavy atom. The molecule has 0 N–H and O–H groups in total. The summed E-state index contributed by atoms with van der Waals surface area (Å²) in [6.07, 6.45) is 2.68. The summed E-state index contributed by atoms with van der Waals surface area (Å²) in [5.74, 6) is 0.928. The van der Waals surface area contributed by atoms with Crippen LogP contribution in [0.5, 0.6) is 5.75 Å². The van der Waals surface area contributed by atoms with Gasteiger partial charge in [0, 0.05) is 18.7 Å². The molecule has 0 saturated carbocycles. The highest BCUT2D eigenvalue weighted by Crippen LogP contribution is 2.27. The average Bonchev–Trinajstić information content (AvgIpc) is 3.24. The van der Waals surface area contributed by atoms with Crippen LogP contribution in [0.25, 0.3) is 11.3 Å². The summed E-state index contributed by atoms with van der Waals surface area (Å²) in [7, 11) is -3.69. The number of rotatable bonds is 5. The fourth-order valence-electron chi connectivity index (χ4n) is 3.32. The van der Waals surface area contributed by atoms with Gasteiger partial charge >= 0.3 is 0 Å². The molecule has 0 amide bonds. The molecule has 1 aliphatic rings. The third-order valence-electron chi connectivity index (χ3n) is 4.78. The second kappa shape index (κ2) is 7.77. The van der Waals surface area contributed by atoms with Gasteiger partial charge in [-0.25, -0.2) is 12.8 Å². The number of sulfonamides is 1. The maximum absolute atomic E-state index is 13.4. The number of piperidine rings is 1. The van der Waals surface area contributed by atoms with E-state index in [-0.39, 0.29) is 11.0 Å².